The number of hydrogen-bond acceptors (Lipinski definition) is 4. The molecule has 0 bridgehead atoms. The van der Waals surface area contributed by atoms with Crippen LogP contribution in [-0.2, 0) is 19.1 Å². The molecule has 0 aliphatic carbocycles. The fourth-order valence-electron chi connectivity index (χ4n) is 3.21. The van der Waals surface area contributed by atoms with Gasteiger partial charge in [0.1, 0.15) is 37.1 Å². The maximum Gasteiger partial charge on any atom is 0.248 e. The van der Waals surface area contributed by atoms with Crippen molar-refractivity contribution in [2.24, 2.45) is 0 Å². The van der Waals surface area contributed by atoms with E-state index in [4.69, 9.17) is 9.47 Å². The average Bonchev–Trinajstić information content (AvgIpc) is 2.78. The smallest absolute Gasteiger partial charge is 0.248 e. The van der Waals surface area contributed by atoms with E-state index in [2.05, 4.69) is 11.9 Å². The molecule has 164 valence electrons. The molecule has 2 aromatic rings. The Kier molecular flexibility index (Phi) is 7.86. The van der Waals surface area contributed by atoms with E-state index in [9.17, 15) is 18.4 Å². The fourth-order valence-corrected chi connectivity index (χ4v) is 3.21. The summed E-state index contributed by atoms with van der Waals surface area (Å²) in [5, 5.41) is 2.69. The fraction of sp³-hybridized carbons (Fsp3) is 0.304. The first-order chi connectivity index (χ1) is 15.0. The van der Waals surface area contributed by atoms with Gasteiger partial charge in [0.25, 0.3) is 0 Å². The van der Waals surface area contributed by atoms with Gasteiger partial charge in [-0.05, 0) is 35.4 Å². The molecule has 1 N–H and O–H groups in total. The minimum Gasteiger partial charge on any atom is -0.362 e. The summed E-state index contributed by atoms with van der Waals surface area (Å²) in [5.74, 6) is -0.691. The van der Waals surface area contributed by atoms with Crippen molar-refractivity contribution in [1.29, 1.82) is 0 Å². The van der Waals surface area contributed by atoms with Crippen LogP contribution in [0.1, 0.15) is 23.3 Å². The molecule has 2 aliphatic rings. The molecule has 8 heteroatoms. The molecule has 31 heavy (non-hydrogen) atoms. The van der Waals surface area contributed by atoms with Gasteiger partial charge in [0, 0.05) is 13.1 Å². The zero-order valence-electron chi connectivity index (χ0n) is 16.9. The van der Waals surface area contributed by atoms with E-state index in [1.165, 1.54) is 24.3 Å². The molecule has 2 fully saturated rings. The van der Waals surface area contributed by atoms with E-state index < -0.39 is 0 Å². The molecule has 2 aromatic carbocycles. The maximum absolute atomic E-state index is 12.8. The Morgan fingerprint density at radius 3 is 2.00 bits per heavy atom. The number of benzene rings is 2. The van der Waals surface area contributed by atoms with Crippen LogP contribution in [0.5, 0.6) is 0 Å². The number of hydrogen-bond donors (Lipinski definition) is 1. The van der Waals surface area contributed by atoms with Gasteiger partial charge in [0.15, 0.2) is 0 Å². The number of nitrogens with one attached hydrogen (secondary N) is 1. The SMILES string of the molecule is C=CCN1C[C@H](c2ccc(F)cc2)OCC1=O.O=C1CO[C@@H](c2ccc(F)cc2)CN1. The number of amides is 2. The highest BCUT2D eigenvalue weighted by Gasteiger charge is 2.26. The van der Waals surface area contributed by atoms with Crippen molar-refractivity contribution in [3.63, 3.8) is 0 Å². The predicted octanol–water partition coefficient (Wildman–Crippen LogP) is 2.92. The second-order valence-corrected chi connectivity index (χ2v) is 7.09. The summed E-state index contributed by atoms with van der Waals surface area (Å²) in [6, 6.07) is 12.3. The summed E-state index contributed by atoms with van der Waals surface area (Å²) in [6.45, 7) is 5.20. The van der Waals surface area contributed by atoms with Crippen molar-refractivity contribution in [3.8, 4) is 0 Å². The normalized spacial score (nSPS) is 21.0. The van der Waals surface area contributed by atoms with Gasteiger partial charge < -0.3 is 19.7 Å². The third-order valence-corrected chi connectivity index (χ3v) is 4.88. The zero-order chi connectivity index (χ0) is 22.2. The Hall–Kier alpha value is -3.10. The van der Waals surface area contributed by atoms with Crippen LogP contribution < -0.4 is 5.32 Å². The van der Waals surface area contributed by atoms with E-state index in [1.54, 1.807) is 35.2 Å². The van der Waals surface area contributed by atoms with Crippen molar-refractivity contribution < 1.29 is 27.8 Å². The molecule has 2 aliphatic heterocycles. The molecule has 4 rings (SSSR count). The lowest BCUT2D eigenvalue weighted by molar-refractivity contribution is -0.148. The van der Waals surface area contributed by atoms with Gasteiger partial charge in [0.05, 0.1) is 6.54 Å². The number of carbonyl (C=O) groups is 2. The van der Waals surface area contributed by atoms with E-state index in [1.807, 2.05) is 0 Å². The molecule has 0 saturated carbocycles. The molecule has 2 heterocycles. The van der Waals surface area contributed by atoms with Crippen molar-refractivity contribution in [3.05, 3.63) is 83.9 Å². The van der Waals surface area contributed by atoms with Crippen molar-refractivity contribution >= 4 is 11.8 Å². The Morgan fingerprint density at radius 1 is 0.935 bits per heavy atom. The minimum atomic E-state index is -0.274. The quantitative estimate of drug-likeness (QED) is 0.758. The first-order valence-electron chi connectivity index (χ1n) is 9.85. The molecular weight excluding hydrogens is 406 g/mol. The maximum atomic E-state index is 12.8. The summed E-state index contributed by atoms with van der Waals surface area (Å²) in [5.41, 5.74) is 1.76. The van der Waals surface area contributed by atoms with Crippen LogP contribution in [0, 0.1) is 11.6 Å². The number of ether oxygens (including phenoxy) is 2. The third-order valence-electron chi connectivity index (χ3n) is 4.88. The number of nitrogens with zero attached hydrogens (tertiary/aromatic N) is 1. The van der Waals surface area contributed by atoms with Crippen LogP contribution in [-0.4, -0.2) is 49.6 Å². The van der Waals surface area contributed by atoms with Crippen LogP contribution in [0.3, 0.4) is 0 Å². The second kappa shape index (κ2) is 10.8. The van der Waals surface area contributed by atoms with Gasteiger partial charge in [-0.2, -0.15) is 0 Å². The van der Waals surface area contributed by atoms with E-state index in [0.717, 1.165) is 11.1 Å². The molecule has 2 amide bonds. The Morgan fingerprint density at radius 2 is 1.48 bits per heavy atom. The average molecular weight is 430 g/mol. The molecule has 0 radical (unpaired) electrons. The van der Waals surface area contributed by atoms with Gasteiger partial charge in [-0.3, -0.25) is 9.59 Å². The number of carbonyl (C=O) groups excluding carboxylic acids is 2. The van der Waals surface area contributed by atoms with Gasteiger partial charge in [-0.15, -0.1) is 6.58 Å². The summed E-state index contributed by atoms with van der Waals surface area (Å²) in [7, 11) is 0. The summed E-state index contributed by atoms with van der Waals surface area (Å²) in [6.07, 6.45) is 1.34. The highest BCUT2D eigenvalue weighted by Crippen LogP contribution is 2.23. The van der Waals surface area contributed by atoms with Crippen molar-refractivity contribution in [1.82, 2.24) is 10.2 Å². The summed E-state index contributed by atoms with van der Waals surface area (Å²) >= 11 is 0. The van der Waals surface area contributed by atoms with Crippen LogP contribution in [0.4, 0.5) is 8.78 Å². The van der Waals surface area contributed by atoms with Crippen molar-refractivity contribution in [2.75, 3.05) is 32.8 Å². The van der Waals surface area contributed by atoms with E-state index in [0.29, 0.717) is 19.6 Å². The first kappa shape index (κ1) is 22.6. The number of halogens is 2. The highest BCUT2D eigenvalue weighted by molar-refractivity contribution is 5.78. The monoisotopic (exact) mass is 430 g/mol. The second-order valence-electron chi connectivity index (χ2n) is 7.09. The standard InChI is InChI=1S/C13H14FNO2.C10H10FNO2/c1-2-7-15-8-12(17-9-13(15)16)10-3-5-11(14)6-4-10;11-8-3-1-7(2-4-8)9-5-12-10(13)6-14-9/h2-6,12H,1,7-9H2;1-4,9H,5-6H2,(H,12,13)/t12-;9-/m11/s1. The Bertz CT molecular complexity index is 893. The topological polar surface area (TPSA) is 67.9 Å². The number of morpholine rings is 2. The van der Waals surface area contributed by atoms with Crippen molar-refractivity contribution in [2.45, 2.75) is 12.2 Å². The Balaban J connectivity index is 0.000000179. The van der Waals surface area contributed by atoms with Crippen LogP contribution in [0.15, 0.2) is 61.2 Å². The molecular formula is C23H24F2N2O4. The minimum absolute atomic E-state index is 0.0386. The summed E-state index contributed by atoms with van der Waals surface area (Å²) < 4.78 is 36.1. The van der Waals surface area contributed by atoms with Gasteiger partial charge in [-0.25, -0.2) is 8.78 Å². The van der Waals surface area contributed by atoms with Crippen LogP contribution >= 0.6 is 0 Å². The van der Waals surface area contributed by atoms with E-state index in [-0.39, 0.29) is 48.9 Å². The van der Waals surface area contributed by atoms with Crippen LogP contribution in [0.25, 0.3) is 0 Å². The van der Waals surface area contributed by atoms with Crippen LogP contribution in [0.2, 0.25) is 0 Å². The zero-order valence-corrected chi connectivity index (χ0v) is 16.9. The Labute approximate surface area is 179 Å². The van der Waals surface area contributed by atoms with Gasteiger partial charge in [-0.1, -0.05) is 30.3 Å². The third kappa shape index (κ3) is 6.44. The lowest BCUT2D eigenvalue weighted by Gasteiger charge is -2.32. The molecule has 0 unspecified atom stereocenters. The highest BCUT2D eigenvalue weighted by atomic mass is 19.1. The van der Waals surface area contributed by atoms with E-state index >= 15 is 0 Å². The van der Waals surface area contributed by atoms with Gasteiger partial charge >= 0.3 is 0 Å². The van der Waals surface area contributed by atoms with Gasteiger partial charge in [0.2, 0.25) is 11.8 Å². The molecule has 2 saturated heterocycles. The summed E-state index contributed by atoms with van der Waals surface area (Å²) in [4.78, 5) is 24.0. The first-order valence-corrected chi connectivity index (χ1v) is 9.85. The molecule has 2 atom stereocenters. The molecule has 6 nitrogen and oxygen atoms in total. The largest absolute Gasteiger partial charge is 0.362 e. The molecule has 0 aromatic heterocycles. The number of rotatable bonds is 4. The predicted molar refractivity (Wildman–Crippen MR) is 110 cm³/mol. The lowest BCUT2D eigenvalue weighted by atomic mass is 10.1. The lowest BCUT2D eigenvalue weighted by Crippen LogP contribution is -2.43. The molecule has 0 spiro atoms.